The summed E-state index contributed by atoms with van der Waals surface area (Å²) in [7, 11) is 12.5. The molecule has 1 aromatic rings. The lowest BCUT2D eigenvalue weighted by atomic mass is 9.73. The number of rotatable bonds is 24. The highest BCUT2D eigenvalue weighted by molar-refractivity contribution is 9.09. The number of esters is 1. The summed E-state index contributed by atoms with van der Waals surface area (Å²) in [5, 5.41) is 56.5. The van der Waals surface area contributed by atoms with E-state index in [9.17, 15) is 34.8 Å². The molecular formula is C57H76N4O22S4. The van der Waals surface area contributed by atoms with Gasteiger partial charge in [-0.3, -0.25) is 19.7 Å². The maximum atomic E-state index is 15.5. The van der Waals surface area contributed by atoms with Crippen LogP contribution in [0.15, 0.2) is 59.5 Å². The van der Waals surface area contributed by atoms with Crippen molar-refractivity contribution in [1.29, 1.82) is 0 Å². The third kappa shape index (κ3) is 16.7. The maximum Gasteiger partial charge on any atom is 0.411 e. The summed E-state index contributed by atoms with van der Waals surface area (Å²) in [6.07, 6.45) is -11.6. The smallest absolute Gasteiger partial charge is 0.411 e. The van der Waals surface area contributed by atoms with E-state index in [0.717, 1.165) is 7.11 Å². The molecule has 0 spiro atoms. The predicted molar refractivity (Wildman–Crippen MR) is 321 cm³/mol. The SMILES string of the molecule is C=C(OC)C(=O)Nc1cc(OC)c(OC)cc1C(=O)O[C@@H]1[C@H](C)O[C@@H](OC2C(=O)C(NC(=O)OC)=C3/C(=C/CSSSC)C2(O)C#CC=CC#CC3O[C@H]2O[C@@H](C)[C@H](NO[C@@H]3C[C@@H](O)[C@@H](SC)[C@H](C)O3)[C@@H](O)[C@@H]2O[C@H]2C[C@H](OC)[C@@H](NC)CO2)C[C@@H]1O. The number of likely N-dealkylation sites (N-methyl/N-ethyl adjacent to an activating group) is 1. The third-order valence-electron chi connectivity index (χ3n) is 15.0. The Morgan fingerprint density at radius 2 is 1.56 bits per heavy atom. The fourth-order valence-electron chi connectivity index (χ4n) is 10.5. The number of aliphatic hydroxyl groups is 4. The van der Waals surface area contributed by atoms with Crippen molar-refractivity contribution in [2.45, 2.75) is 155 Å². The molecule has 480 valence electrons. The van der Waals surface area contributed by atoms with Crippen LogP contribution in [0.5, 0.6) is 11.5 Å². The van der Waals surface area contributed by atoms with Crippen LogP contribution in [0.1, 0.15) is 50.4 Å². The number of carbonyl (C=O) groups is 4. The Balaban J connectivity index is 1.23. The van der Waals surface area contributed by atoms with Gasteiger partial charge in [-0.1, -0.05) is 57.9 Å². The first-order valence-corrected chi connectivity index (χ1v) is 32.9. The molecule has 4 saturated heterocycles. The zero-order valence-corrected chi connectivity index (χ0v) is 53.1. The second-order valence-corrected chi connectivity index (χ2v) is 25.8. The third-order valence-corrected chi connectivity index (χ3v) is 20.0. The summed E-state index contributed by atoms with van der Waals surface area (Å²) in [6.45, 7) is 8.65. The number of nitrogens with one attached hydrogen (secondary N) is 4. The number of ketones is 1. The standard InChI is InChI=1S/C57H76N4O22S4/c1-27-45(61-83-43-24-36(63)51(84-11)29(3)77-43)47(64)50(80-41-25-38(71-7)34(58-5)26-75-41)55(78-27)79-37-17-15-13-14-16-19-57(69)32(18-20-86-87-85-12)44(37)46(60-56(68)74-10)48(65)52(57)81-42-23-35(62)49(28(2)76-42)82-54(67)31-21-39(72-8)40(73-9)22-33(31)59-53(66)30(4)70-6/h13-14,18,21-22,27-29,34-38,41-43,45,47,49-52,55,58,61-64,69H,4,20,23-26H2,1-3,5-12H3,(H,59,66)(H,60,68)/b14-13?,32-18-/t27-,28-,29-,34-,35-,36+,37?,38-,41-,42-,43+,45-,47+,49+,50-,51-,52?,55+,57?/m0/s1. The molecule has 8 N–H and O–H groups in total. The van der Waals surface area contributed by atoms with Crippen LogP contribution < -0.4 is 30.9 Å². The number of hydroxylamine groups is 1. The van der Waals surface area contributed by atoms with Gasteiger partial charge < -0.3 is 92.6 Å². The Labute approximate surface area is 520 Å². The van der Waals surface area contributed by atoms with E-state index in [1.165, 1.54) is 95.7 Å². The Hall–Kier alpha value is -4.62. The number of alkyl carbamates (subject to hydrolysis) is 1. The van der Waals surface area contributed by atoms with Gasteiger partial charge >= 0.3 is 12.1 Å². The van der Waals surface area contributed by atoms with Crippen molar-refractivity contribution in [3.8, 4) is 35.2 Å². The van der Waals surface area contributed by atoms with Crippen molar-refractivity contribution in [2.24, 2.45) is 0 Å². The topological polar surface area (TPSA) is 327 Å². The van der Waals surface area contributed by atoms with Gasteiger partial charge in [0.1, 0.15) is 18.3 Å². The molecule has 4 heterocycles. The first kappa shape index (κ1) is 69.8. The number of Topliss-reactive ketones (excluding diaryl/α,β-unsaturated/α-hetero) is 1. The fourth-order valence-corrected chi connectivity index (χ4v) is 13.8. The van der Waals surface area contributed by atoms with Gasteiger partial charge in [0.05, 0.1) is 106 Å². The summed E-state index contributed by atoms with van der Waals surface area (Å²) in [6, 6.07) is 1.34. The van der Waals surface area contributed by atoms with E-state index in [1.807, 2.05) is 19.4 Å². The van der Waals surface area contributed by atoms with Gasteiger partial charge in [0.25, 0.3) is 5.91 Å². The Morgan fingerprint density at radius 3 is 2.22 bits per heavy atom. The first-order chi connectivity index (χ1) is 41.7. The van der Waals surface area contributed by atoms with E-state index in [4.69, 9.17) is 66.4 Å². The second kappa shape index (κ2) is 32.4. The molecule has 30 heteroatoms. The summed E-state index contributed by atoms with van der Waals surface area (Å²) >= 11 is 1.47. The number of aliphatic hydroxyl groups excluding tert-OH is 3. The number of allylic oxidation sites excluding steroid dienone is 2. The minimum absolute atomic E-state index is 0.0771. The van der Waals surface area contributed by atoms with Crippen LogP contribution in [0.3, 0.4) is 0 Å². The van der Waals surface area contributed by atoms with Crippen molar-refractivity contribution in [3.05, 3.63) is 65.1 Å². The number of ether oxygens (including phenoxy) is 13. The molecule has 19 atom stereocenters. The lowest BCUT2D eigenvalue weighted by molar-refractivity contribution is -0.336. The summed E-state index contributed by atoms with van der Waals surface area (Å²) in [5.74, 6) is 8.68. The van der Waals surface area contributed by atoms with Crippen molar-refractivity contribution in [2.75, 3.05) is 72.8 Å². The van der Waals surface area contributed by atoms with Crippen LogP contribution in [-0.4, -0.2) is 227 Å². The van der Waals surface area contributed by atoms with Gasteiger partial charge in [-0.2, -0.15) is 17.2 Å². The summed E-state index contributed by atoms with van der Waals surface area (Å²) < 4.78 is 77.4. The predicted octanol–water partition coefficient (Wildman–Crippen LogP) is 2.64. The molecule has 2 aliphatic carbocycles. The zero-order chi connectivity index (χ0) is 63.3. The minimum Gasteiger partial charge on any atom is -0.493 e. The van der Waals surface area contributed by atoms with Crippen LogP contribution in [0.2, 0.25) is 0 Å². The van der Waals surface area contributed by atoms with E-state index in [1.54, 1.807) is 27.2 Å². The van der Waals surface area contributed by atoms with Gasteiger partial charge in [0.2, 0.25) is 5.78 Å². The molecule has 0 radical (unpaired) electrons. The highest BCUT2D eigenvalue weighted by Gasteiger charge is 2.57. The summed E-state index contributed by atoms with van der Waals surface area (Å²) in [4.78, 5) is 61.9. The molecule has 87 heavy (non-hydrogen) atoms. The van der Waals surface area contributed by atoms with Gasteiger partial charge in [0, 0.05) is 55.4 Å². The number of thioether (sulfide) groups is 1. The fraction of sp³-hybridized carbons (Fsp3) is 0.614. The van der Waals surface area contributed by atoms with E-state index in [-0.39, 0.29) is 82.3 Å². The molecular weight excluding hydrogens is 1220 g/mol. The van der Waals surface area contributed by atoms with Crippen LogP contribution >= 0.6 is 43.2 Å². The van der Waals surface area contributed by atoms with E-state index < -0.39 is 134 Å². The first-order valence-electron chi connectivity index (χ1n) is 27.5. The number of carbonyl (C=O) groups excluding carboxylic acids is 4. The molecule has 0 saturated carbocycles. The number of fused-ring (bicyclic) bond motifs is 2. The van der Waals surface area contributed by atoms with Crippen molar-refractivity contribution >= 4 is 72.6 Å². The molecule has 4 aliphatic heterocycles. The average Bonchev–Trinajstić information content (AvgIpc) is 0.873. The molecule has 7 rings (SSSR count). The lowest BCUT2D eigenvalue weighted by Gasteiger charge is -2.47. The summed E-state index contributed by atoms with van der Waals surface area (Å²) in [5.41, 5.74) is -0.858. The Kier molecular flexibility index (Phi) is 26.0. The molecule has 26 nitrogen and oxygen atoms in total. The highest BCUT2D eigenvalue weighted by Crippen LogP contribution is 2.44. The maximum absolute atomic E-state index is 15.5. The monoisotopic (exact) mass is 1300 g/mol. The van der Waals surface area contributed by atoms with Crippen molar-refractivity contribution in [3.63, 3.8) is 0 Å². The van der Waals surface area contributed by atoms with Crippen molar-refractivity contribution in [1.82, 2.24) is 16.1 Å². The number of methoxy groups -OCH3 is 5. The highest BCUT2D eigenvalue weighted by atomic mass is 33.5. The normalized spacial score (nSPS) is 34.5. The lowest BCUT2D eigenvalue weighted by Crippen LogP contribution is -2.65. The van der Waals surface area contributed by atoms with Crippen LogP contribution in [0, 0.1) is 23.7 Å². The van der Waals surface area contributed by atoms with Crippen molar-refractivity contribution < 1.29 is 106 Å². The van der Waals surface area contributed by atoms with E-state index in [0.29, 0.717) is 0 Å². The van der Waals surface area contributed by atoms with Gasteiger partial charge in [-0.05, 0) is 62.3 Å². The average molecular weight is 1300 g/mol. The van der Waals surface area contributed by atoms with E-state index in [2.05, 4.69) is 51.7 Å². The largest absolute Gasteiger partial charge is 0.493 e. The molecule has 2 bridgehead atoms. The zero-order valence-electron chi connectivity index (χ0n) is 49.8. The second-order valence-electron chi connectivity index (χ2n) is 20.4. The quantitative estimate of drug-likeness (QED) is 0.0140. The molecule has 0 aromatic heterocycles. The Bertz CT molecular complexity index is 2820. The van der Waals surface area contributed by atoms with Crippen LogP contribution in [0.25, 0.3) is 0 Å². The number of anilines is 1. The van der Waals surface area contributed by atoms with Crippen LogP contribution in [0.4, 0.5) is 10.5 Å². The Morgan fingerprint density at radius 1 is 0.851 bits per heavy atom. The van der Waals surface area contributed by atoms with Gasteiger partial charge in [0.15, 0.2) is 60.2 Å². The minimum atomic E-state index is -2.63. The van der Waals surface area contributed by atoms with Crippen LogP contribution in [-0.2, 0) is 66.5 Å². The van der Waals surface area contributed by atoms with E-state index >= 15 is 4.79 Å². The molecule has 3 unspecified atom stereocenters. The number of hydrogen-bond acceptors (Lipinski definition) is 28. The number of benzene rings is 1. The van der Waals surface area contributed by atoms with Gasteiger partial charge in [-0.15, -0.1) is 0 Å². The molecule has 4 fully saturated rings. The van der Waals surface area contributed by atoms with Gasteiger partial charge in [-0.25, -0.2) is 9.59 Å². The number of hydrogen-bond donors (Lipinski definition) is 8. The molecule has 1 aromatic carbocycles. The molecule has 2 amide bonds. The number of amides is 2. The molecule has 6 aliphatic rings.